The van der Waals surface area contributed by atoms with E-state index in [1.165, 1.54) is 12.1 Å². The summed E-state index contributed by atoms with van der Waals surface area (Å²) in [5.74, 6) is 1.31. The second-order valence-corrected chi connectivity index (χ2v) is 6.76. The van der Waals surface area contributed by atoms with Crippen molar-refractivity contribution in [1.82, 2.24) is 15.1 Å². The number of ether oxygens (including phenoxy) is 1. The van der Waals surface area contributed by atoms with E-state index in [9.17, 15) is 9.18 Å². The van der Waals surface area contributed by atoms with Crippen LogP contribution in [0.5, 0.6) is 5.75 Å². The first-order valence-corrected chi connectivity index (χ1v) is 8.62. The van der Waals surface area contributed by atoms with Crippen LogP contribution >= 0.6 is 24.8 Å². The predicted octanol–water partition coefficient (Wildman–Crippen LogP) is 2.18. The number of hydrogen-bond donors (Lipinski definition) is 1. The molecule has 26 heavy (non-hydrogen) atoms. The topological polar surface area (TPSA) is 44.8 Å². The summed E-state index contributed by atoms with van der Waals surface area (Å²) in [5.41, 5.74) is 0.853. The number of methoxy groups -OCH3 is 1. The number of amides is 1. The van der Waals surface area contributed by atoms with Crippen molar-refractivity contribution in [3.8, 4) is 5.75 Å². The van der Waals surface area contributed by atoms with Crippen LogP contribution in [0.3, 0.4) is 0 Å². The fourth-order valence-corrected chi connectivity index (χ4v) is 3.39. The highest BCUT2D eigenvalue weighted by Crippen LogP contribution is 2.23. The fourth-order valence-electron chi connectivity index (χ4n) is 3.39. The highest BCUT2D eigenvalue weighted by atomic mass is 35.5. The molecule has 0 aromatic heterocycles. The van der Waals surface area contributed by atoms with Crippen LogP contribution in [0.2, 0.25) is 0 Å². The van der Waals surface area contributed by atoms with Gasteiger partial charge in [-0.1, -0.05) is 6.92 Å². The molecule has 1 unspecified atom stereocenters. The Morgan fingerprint density at radius 3 is 2.46 bits per heavy atom. The number of carbonyl (C=O) groups excluding carboxylic acids is 1. The van der Waals surface area contributed by atoms with Gasteiger partial charge in [0.25, 0.3) is 0 Å². The smallest absolute Gasteiger partial charge is 0.225 e. The van der Waals surface area contributed by atoms with Crippen molar-refractivity contribution in [2.75, 3.05) is 46.4 Å². The minimum atomic E-state index is -0.248. The molecule has 148 valence electrons. The summed E-state index contributed by atoms with van der Waals surface area (Å²) < 4.78 is 18.8. The maximum absolute atomic E-state index is 13.5. The molecule has 1 amide bonds. The van der Waals surface area contributed by atoms with Crippen molar-refractivity contribution >= 4 is 30.7 Å². The molecular formula is C18H28Cl2FN3O2. The van der Waals surface area contributed by atoms with Gasteiger partial charge < -0.3 is 15.0 Å². The van der Waals surface area contributed by atoms with Crippen LogP contribution in [-0.2, 0) is 11.3 Å². The molecule has 2 saturated heterocycles. The second kappa shape index (κ2) is 10.3. The van der Waals surface area contributed by atoms with Crippen molar-refractivity contribution in [2.45, 2.75) is 13.5 Å². The average molecular weight is 408 g/mol. The molecule has 5 nitrogen and oxygen atoms in total. The molecule has 1 aromatic carbocycles. The zero-order valence-corrected chi connectivity index (χ0v) is 16.9. The van der Waals surface area contributed by atoms with Gasteiger partial charge in [0.15, 0.2) is 0 Å². The number of carbonyl (C=O) groups is 1. The summed E-state index contributed by atoms with van der Waals surface area (Å²) in [5, 5.41) is 3.23. The van der Waals surface area contributed by atoms with Crippen molar-refractivity contribution < 1.29 is 13.9 Å². The van der Waals surface area contributed by atoms with Crippen LogP contribution in [0.25, 0.3) is 0 Å². The van der Waals surface area contributed by atoms with Crippen molar-refractivity contribution in [1.29, 1.82) is 0 Å². The van der Waals surface area contributed by atoms with E-state index < -0.39 is 0 Å². The van der Waals surface area contributed by atoms with Crippen LogP contribution in [-0.4, -0.2) is 62.1 Å². The van der Waals surface area contributed by atoms with Gasteiger partial charge in [-0.25, -0.2) is 4.39 Å². The molecule has 0 spiro atoms. The molecule has 2 aliphatic rings. The number of halogens is 3. The summed E-state index contributed by atoms with van der Waals surface area (Å²) in [6.07, 6.45) is 0. The molecule has 0 saturated carbocycles. The van der Waals surface area contributed by atoms with Gasteiger partial charge >= 0.3 is 0 Å². The van der Waals surface area contributed by atoms with Gasteiger partial charge in [0.05, 0.1) is 7.11 Å². The Labute approximate surface area is 167 Å². The molecule has 2 fully saturated rings. The third kappa shape index (κ3) is 5.22. The van der Waals surface area contributed by atoms with E-state index >= 15 is 0 Å². The standard InChI is InChI=1S/C18H26FN3O2.2ClH/c1-13(15-10-20-11-15)18(23)22-7-5-21(6-8-22)12-14-9-16(19)3-4-17(14)24-2;;/h3-4,9,13,15,20H,5-8,10-12H2,1-2H3;2*1H. The van der Waals surface area contributed by atoms with Crippen LogP contribution in [0, 0.1) is 17.7 Å². The highest BCUT2D eigenvalue weighted by Gasteiger charge is 2.32. The first-order valence-electron chi connectivity index (χ1n) is 8.62. The Hall–Kier alpha value is -1.08. The number of nitrogens with zero attached hydrogens (tertiary/aromatic N) is 2. The normalized spacial score (nSPS) is 19.0. The molecular weight excluding hydrogens is 380 g/mol. The Morgan fingerprint density at radius 1 is 1.27 bits per heavy atom. The molecule has 1 atom stereocenters. The van der Waals surface area contributed by atoms with E-state index in [2.05, 4.69) is 10.2 Å². The molecule has 0 bridgehead atoms. The molecule has 3 rings (SSSR count). The van der Waals surface area contributed by atoms with Gasteiger partial charge in [0.2, 0.25) is 5.91 Å². The zero-order valence-electron chi connectivity index (χ0n) is 15.2. The molecule has 8 heteroatoms. The van der Waals surface area contributed by atoms with E-state index in [0.717, 1.165) is 44.8 Å². The summed E-state index contributed by atoms with van der Waals surface area (Å²) in [7, 11) is 1.60. The molecule has 2 heterocycles. The first-order chi connectivity index (χ1) is 11.6. The van der Waals surface area contributed by atoms with Crippen molar-refractivity contribution in [3.05, 3.63) is 29.6 Å². The lowest BCUT2D eigenvalue weighted by atomic mass is 9.88. The summed E-state index contributed by atoms with van der Waals surface area (Å²) in [6.45, 7) is 7.67. The molecule has 2 aliphatic heterocycles. The van der Waals surface area contributed by atoms with Crippen LogP contribution < -0.4 is 10.1 Å². The van der Waals surface area contributed by atoms with E-state index in [1.54, 1.807) is 13.2 Å². The van der Waals surface area contributed by atoms with E-state index in [0.29, 0.717) is 18.2 Å². The SMILES string of the molecule is COc1ccc(F)cc1CN1CCN(C(=O)C(C)C2CNC2)CC1.Cl.Cl. The first kappa shape index (κ1) is 23.0. The quantitative estimate of drug-likeness (QED) is 0.812. The lowest BCUT2D eigenvalue weighted by Crippen LogP contribution is -2.54. The third-order valence-corrected chi connectivity index (χ3v) is 5.23. The van der Waals surface area contributed by atoms with E-state index in [4.69, 9.17) is 4.74 Å². The maximum atomic E-state index is 13.5. The van der Waals surface area contributed by atoms with Crippen LogP contribution in [0.1, 0.15) is 12.5 Å². The maximum Gasteiger partial charge on any atom is 0.225 e. The minimum absolute atomic E-state index is 0. The molecule has 0 aliphatic carbocycles. The Balaban J connectivity index is 0.00000169. The van der Waals surface area contributed by atoms with Crippen molar-refractivity contribution in [2.24, 2.45) is 11.8 Å². The largest absolute Gasteiger partial charge is 0.496 e. The zero-order chi connectivity index (χ0) is 17.1. The lowest BCUT2D eigenvalue weighted by Gasteiger charge is -2.39. The Kier molecular flexibility index (Phi) is 9.10. The predicted molar refractivity (Wildman–Crippen MR) is 105 cm³/mol. The average Bonchev–Trinajstić information content (AvgIpc) is 2.53. The van der Waals surface area contributed by atoms with Gasteiger partial charge in [-0.3, -0.25) is 9.69 Å². The Morgan fingerprint density at radius 2 is 1.92 bits per heavy atom. The van der Waals surface area contributed by atoms with Gasteiger partial charge in [-0.15, -0.1) is 24.8 Å². The number of rotatable bonds is 5. The summed E-state index contributed by atoms with van der Waals surface area (Å²) >= 11 is 0. The van der Waals surface area contributed by atoms with Gasteiger partial charge in [0, 0.05) is 44.2 Å². The van der Waals surface area contributed by atoms with Crippen molar-refractivity contribution in [3.63, 3.8) is 0 Å². The minimum Gasteiger partial charge on any atom is -0.496 e. The van der Waals surface area contributed by atoms with Crippen LogP contribution in [0.15, 0.2) is 18.2 Å². The van der Waals surface area contributed by atoms with E-state index in [-0.39, 0.29) is 42.5 Å². The summed E-state index contributed by atoms with van der Waals surface area (Å²) in [6, 6.07) is 4.61. The molecule has 0 radical (unpaired) electrons. The van der Waals surface area contributed by atoms with Gasteiger partial charge in [-0.05, 0) is 37.2 Å². The Bertz CT molecular complexity index is 594. The second-order valence-electron chi connectivity index (χ2n) is 6.76. The molecule has 1 aromatic rings. The van der Waals surface area contributed by atoms with E-state index in [1.807, 2.05) is 11.8 Å². The molecule has 1 N–H and O–H groups in total. The number of nitrogens with one attached hydrogen (secondary N) is 1. The van der Waals surface area contributed by atoms with Gasteiger partial charge in [0.1, 0.15) is 11.6 Å². The van der Waals surface area contributed by atoms with Gasteiger partial charge in [-0.2, -0.15) is 0 Å². The number of benzene rings is 1. The fraction of sp³-hybridized carbons (Fsp3) is 0.611. The van der Waals surface area contributed by atoms with Crippen LogP contribution in [0.4, 0.5) is 4.39 Å². The third-order valence-electron chi connectivity index (χ3n) is 5.23. The summed E-state index contributed by atoms with van der Waals surface area (Å²) in [4.78, 5) is 16.8. The number of hydrogen-bond acceptors (Lipinski definition) is 4. The monoisotopic (exact) mass is 407 g/mol. The number of piperazine rings is 1. The lowest BCUT2D eigenvalue weighted by molar-refractivity contribution is -0.139. The highest BCUT2D eigenvalue weighted by molar-refractivity contribution is 5.85.